The minimum Gasteiger partial charge on any atom is -0.207 e. The van der Waals surface area contributed by atoms with Crippen molar-refractivity contribution in [1.82, 2.24) is 0 Å². The van der Waals surface area contributed by atoms with Crippen molar-refractivity contribution in [3.05, 3.63) is 47.0 Å². The summed E-state index contributed by atoms with van der Waals surface area (Å²) in [6, 6.07) is 6.66. The normalized spacial score (nSPS) is 10.9. The van der Waals surface area contributed by atoms with Crippen LogP contribution in [0.4, 0.5) is 8.78 Å². The van der Waals surface area contributed by atoms with Crippen molar-refractivity contribution in [2.24, 2.45) is 0 Å². The Hall–Kier alpha value is -1.44. The number of hydrogen-bond donors (Lipinski definition) is 0. The second-order valence-electron chi connectivity index (χ2n) is 3.52. The van der Waals surface area contributed by atoms with Gasteiger partial charge in [-0.05, 0) is 25.3 Å². The molecule has 0 bridgehead atoms. The zero-order valence-electron chi connectivity index (χ0n) is 8.07. The van der Waals surface area contributed by atoms with Gasteiger partial charge in [-0.1, -0.05) is 23.8 Å². The quantitative estimate of drug-likeness (QED) is 0.596. The summed E-state index contributed by atoms with van der Waals surface area (Å²) in [6.45, 7) is 3.35. The zero-order valence-corrected chi connectivity index (χ0v) is 8.07. The first-order valence-electron chi connectivity index (χ1n) is 4.44. The molecule has 0 aliphatic heterocycles. The van der Waals surface area contributed by atoms with Gasteiger partial charge in [0.05, 0.1) is 0 Å². The average Bonchev–Trinajstić information content (AvgIpc) is 2.14. The van der Waals surface area contributed by atoms with E-state index in [1.807, 2.05) is 13.0 Å². The summed E-state index contributed by atoms with van der Waals surface area (Å²) in [5.74, 6) is -0.944. The molecular formula is C12H10F2. The maximum atomic E-state index is 13.6. The Morgan fingerprint density at radius 1 is 1.00 bits per heavy atom. The molecule has 0 aromatic heterocycles. The molecule has 0 spiro atoms. The lowest BCUT2D eigenvalue weighted by Crippen LogP contribution is -1.90. The number of aryl methyl sites for hydroxylation is 1. The molecule has 14 heavy (non-hydrogen) atoms. The summed E-state index contributed by atoms with van der Waals surface area (Å²) in [4.78, 5) is 0. The molecule has 0 saturated heterocycles. The van der Waals surface area contributed by atoms with E-state index >= 15 is 0 Å². The average molecular weight is 192 g/mol. The van der Waals surface area contributed by atoms with Gasteiger partial charge in [0.25, 0.3) is 0 Å². The van der Waals surface area contributed by atoms with Gasteiger partial charge >= 0.3 is 0 Å². The lowest BCUT2D eigenvalue weighted by atomic mass is 10.0. The van der Waals surface area contributed by atoms with Gasteiger partial charge in [-0.15, -0.1) is 0 Å². The van der Waals surface area contributed by atoms with Crippen LogP contribution in [0.3, 0.4) is 0 Å². The molecule has 0 saturated carbocycles. The van der Waals surface area contributed by atoms with E-state index in [1.54, 1.807) is 12.1 Å². The molecule has 0 nitrogen and oxygen atoms in total. The second kappa shape index (κ2) is 3.05. The number of fused-ring (bicyclic) bond motifs is 1. The van der Waals surface area contributed by atoms with E-state index in [-0.39, 0.29) is 5.56 Å². The highest BCUT2D eigenvalue weighted by Gasteiger charge is 2.09. The molecule has 2 aromatic carbocycles. The van der Waals surface area contributed by atoms with E-state index in [2.05, 4.69) is 0 Å². The van der Waals surface area contributed by atoms with E-state index in [9.17, 15) is 8.78 Å². The number of benzene rings is 2. The van der Waals surface area contributed by atoms with Crippen LogP contribution in [0.5, 0.6) is 0 Å². The van der Waals surface area contributed by atoms with Crippen LogP contribution in [0, 0.1) is 25.5 Å². The van der Waals surface area contributed by atoms with Gasteiger partial charge in [0.1, 0.15) is 11.6 Å². The first-order valence-corrected chi connectivity index (χ1v) is 4.44. The molecule has 0 unspecified atom stereocenters. The molecule has 72 valence electrons. The van der Waals surface area contributed by atoms with Gasteiger partial charge in [0.2, 0.25) is 0 Å². The van der Waals surface area contributed by atoms with Gasteiger partial charge in [-0.2, -0.15) is 0 Å². The zero-order chi connectivity index (χ0) is 10.3. The van der Waals surface area contributed by atoms with E-state index in [0.29, 0.717) is 10.8 Å². The minimum absolute atomic E-state index is 0.0846. The van der Waals surface area contributed by atoms with Gasteiger partial charge in [-0.25, -0.2) is 8.78 Å². The van der Waals surface area contributed by atoms with Crippen LogP contribution in [-0.4, -0.2) is 0 Å². The predicted molar refractivity (Wildman–Crippen MR) is 53.3 cm³/mol. The van der Waals surface area contributed by atoms with Crippen LogP contribution in [0.25, 0.3) is 10.8 Å². The van der Waals surface area contributed by atoms with Crippen LogP contribution in [0.15, 0.2) is 24.3 Å². The van der Waals surface area contributed by atoms with Crippen molar-refractivity contribution in [3.63, 3.8) is 0 Å². The molecule has 0 aliphatic carbocycles. The Balaban J connectivity index is 2.91. The number of halogens is 2. The summed E-state index contributed by atoms with van der Waals surface area (Å²) in [5, 5.41) is 1.10. The molecule has 2 aromatic rings. The Morgan fingerprint density at radius 3 is 2.43 bits per heavy atom. The third-order valence-corrected chi connectivity index (χ3v) is 2.41. The summed E-state index contributed by atoms with van der Waals surface area (Å²) in [5.41, 5.74) is 1.08. The van der Waals surface area contributed by atoms with E-state index in [1.165, 1.54) is 13.0 Å². The summed E-state index contributed by atoms with van der Waals surface area (Å²) in [7, 11) is 0. The molecule has 2 rings (SSSR count). The molecule has 0 N–H and O–H groups in total. The molecule has 0 heterocycles. The SMILES string of the molecule is Cc1ccc2c(F)c(C)c(F)cc2c1. The second-order valence-corrected chi connectivity index (χ2v) is 3.52. The first kappa shape index (κ1) is 9.13. The van der Waals surface area contributed by atoms with E-state index < -0.39 is 11.6 Å². The van der Waals surface area contributed by atoms with Crippen molar-refractivity contribution >= 4 is 10.8 Å². The minimum atomic E-state index is -0.486. The summed E-state index contributed by atoms with van der Waals surface area (Å²) >= 11 is 0. The largest absolute Gasteiger partial charge is 0.207 e. The van der Waals surface area contributed by atoms with Crippen LogP contribution in [-0.2, 0) is 0 Å². The molecule has 0 aliphatic rings. The Labute approximate surface area is 81.2 Å². The molecule has 2 heteroatoms. The van der Waals surface area contributed by atoms with Crippen molar-refractivity contribution in [1.29, 1.82) is 0 Å². The van der Waals surface area contributed by atoms with E-state index in [4.69, 9.17) is 0 Å². The molecule has 0 amide bonds. The first-order chi connectivity index (χ1) is 6.59. The lowest BCUT2D eigenvalue weighted by Gasteiger charge is -2.04. The Morgan fingerprint density at radius 2 is 1.71 bits per heavy atom. The highest BCUT2D eigenvalue weighted by atomic mass is 19.1. The van der Waals surface area contributed by atoms with Crippen molar-refractivity contribution in [2.45, 2.75) is 13.8 Å². The summed E-state index contributed by atoms with van der Waals surface area (Å²) < 4.78 is 26.8. The molecule has 0 atom stereocenters. The smallest absolute Gasteiger partial charge is 0.136 e. The number of hydrogen-bond acceptors (Lipinski definition) is 0. The highest BCUT2D eigenvalue weighted by Crippen LogP contribution is 2.24. The Bertz CT molecular complexity index is 501. The highest BCUT2D eigenvalue weighted by molar-refractivity contribution is 5.84. The topological polar surface area (TPSA) is 0 Å². The van der Waals surface area contributed by atoms with Crippen LogP contribution < -0.4 is 0 Å². The van der Waals surface area contributed by atoms with Gasteiger partial charge in [0.15, 0.2) is 0 Å². The van der Waals surface area contributed by atoms with Crippen LogP contribution in [0.2, 0.25) is 0 Å². The van der Waals surface area contributed by atoms with Gasteiger partial charge < -0.3 is 0 Å². The molecular weight excluding hydrogens is 182 g/mol. The maximum absolute atomic E-state index is 13.6. The monoisotopic (exact) mass is 192 g/mol. The van der Waals surface area contributed by atoms with E-state index in [0.717, 1.165) is 5.56 Å². The maximum Gasteiger partial charge on any atom is 0.136 e. The Kier molecular flexibility index (Phi) is 1.99. The fraction of sp³-hybridized carbons (Fsp3) is 0.167. The fourth-order valence-electron chi connectivity index (χ4n) is 1.55. The molecule has 0 fully saturated rings. The van der Waals surface area contributed by atoms with Crippen molar-refractivity contribution in [3.8, 4) is 0 Å². The van der Waals surface area contributed by atoms with Gasteiger partial charge in [-0.3, -0.25) is 0 Å². The number of rotatable bonds is 0. The van der Waals surface area contributed by atoms with Gasteiger partial charge in [0, 0.05) is 10.9 Å². The third-order valence-electron chi connectivity index (χ3n) is 2.41. The molecule has 0 radical (unpaired) electrons. The lowest BCUT2D eigenvalue weighted by molar-refractivity contribution is 0.577. The van der Waals surface area contributed by atoms with Crippen molar-refractivity contribution in [2.75, 3.05) is 0 Å². The third kappa shape index (κ3) is 1.27. The van der Waals surface area contributed by atoms with Crippen molar-refractivity contribution < 1.29 is 8.78 Å². The summed E-state index contributed by atoms with van der Waals surface area (Å²) in [6.07, 6.45) is 0. The predicted octanol–water partition coefficient (Wildman–Crippen LogP) is 3.73. The standard InChI is InChI=1S/C12H10F2/c1-7-3-4-10-9(5-7)6-11(13)8(2)12(10)14/h3-6H,1-2H3. The van der Waals surface area contributed by atoms with Crippen LogP contribution in [0.1, 0.15) is 11.1 Å². The van der Waals surface area contributed by atoms with Crippen LogP contribution >= 0.6 is 0 Å². The fourth-order valence-corrected chi connectivity index (χ4v) is 1.55.